The predicted molar refractivity (Wildman–Crippen MR) is 70.6 cm³/mol. The molecule has 0 heterocycles. The van der Waals surface area contributed by atoms with Crippen LogP contribution in [0.5, 0.6) is 0 Å². The van der Waals surface area contributed by atoms with E-state index in [1.165, 1.54) is 14.1 Å². The average Bonchev–Trinajstić information content (AvgIpc) is 2.34. The third kappa shape index (κ3) is 3.87. The van der Waals surface area contributed by atoms with Gasteiger partial charge in [-0.05, 0) is 12.1 Å². The maximum Gasteiger partial charge on any atom is 0.251 e. The molecule has 0 saturated heterocycles. The van der Waals surface area contributed by atoms with Crippen molar-refractivity contribution < 1.29 is 22.0 Å². The number of nitrogens with two attached hydrogens (primary N) is 1. The van der Waals surface area contributed by atoms with Crippen molar-refractivity contribution in [2.45, 2.75) is 0 Å². The number of hydrogen-bond acceptors (Lipinski definition) is 4. The van der Waals surface area contributed by atoms with E-state index < -0.39 is 33.3 Å². The van der Waals surface area contributed by atoms with Crippen LogP contribution in [-0.2, 0) is 10.0 Å². The van der Waals surface area contributed by atoms with E-state index in [1.807, 2.05) is 0 Å². The van der Waals surface area contributed by atoms with Crippen LogP contribution in [0.15, 0.2) is 12.1 Å². The second-order valence-electron chi connectivity index (χ2n) is 4.21. The molecule has 0 aliphatic rings. The Labute approximate surface area is 115 Å². The van der Waals surface area contributed by atoms with Crippen molar-refractivity contribution in [2.24, 2.45) is 0 Å². The summed E-state index contributed by atoms with van der Waals surface area (Å²) in [4.78, 5) is 11.6. The summed E-state index contributed by atoms with van der Waals surface area (Å²) >= 11 is 0. The molecule has 1 aromatic rings. The molecule has 0 spiro atoms. The van der Waals surface area contributed by atoms with Crippen LogP contribution in [0.1, 0.15) is 10.4 Å². The summed E-state index contributed by atoms with van der Waals surface area (Å²) in [7, 11) is -0.723. The molecule has 1 rings (SSSR count). The number of nitrogens with one attached hydrogen (secondary N) is 1. The number of anilines is 1. The summed E-state index contributed by atoms with van der Waals surface area (Å²) in [5, 5.41) is 2.26. The molecule has 0 bridgehead atoms. The maximum absolute atomic E-state index is 13.2. The largest absolute Gasteiger partial charge is 0.394 e. The van der Waals surface area contributed by atoms with E-state index in [-0.39, 0.29) is 17.9 Å². The van der Waals surface area contributed by atoms with Gasteiger partial charge in [-0.3, -0.25) is 4.79 Å². The van der Waals surface area contributed by atoms with Crippen molar-refractivity contribution in [1.29, 1.82) is 0 Å². The second kappa shape index (κ2) is 6.14. The zero-order valence-electron chi connectivity index (χ0n) is 11.0. The molecule has 1 amide bonds. The lowest BCUT2D eigenvalue weighted by molar-refractivity contribution is 0.0955. The molecule has 3 N–H and O–H groups in total. The summed E-state index contributed by atoms with van der Waals surface area (Å²) in [5.74, 6) is -3.19. The summed E-state index contributed by atoms with van der Waals surface area (Å²) < 4.78 is 50.2. The van der Waals surface area contributed by atoms with E-state index in [4.69, 9.17) is 5.73 Å². The Bertz CT molecular complexity index is 594. The highest BCUT2D eigenvalue weighted by Gasteiger charge is 2.16. The van der Waals surface area contributed by atoms with E-state index in [2.05, 4.69) is 5.32 Å². The first-order valence-electron chi connectivity index (χ1n) is 5.58. The Morgan fingerprint density at radius 3 is 2.25 bits per heavy atom. The predicted octanol–water partition coefficient (Wildman–Crippen LogP) is 0.168. The van der Waals surface area contributed by atoms with E-state index in [1.54, 1.807) is 0 Å². The summed E-state index contributed by atoms with van der Waals surface area (Å²) in [5.41, 5.74) is 4.14. The van der Waals surface area contributed by atoms with Crippen LogP contribution in [0.2, 0.25) is 0 Å². The van der Waals surface area contributed by atoms with Gasteiger partial charge in [0.05, 0.1) is 5.75 Å². The number of hydrogen-bond donors (Lipinski definition) is 2. The van der Waals surface area contributed by atoms with Gasteiger partial charge in [0.1, 0.15) is 17.3 Å². The van der Waals surface area contributed by atoms with Gasteiger partial charge < -0.3 is 11.1 Å². The van der Waals surface area contributed by atoms with E-state index in [9.17, 15) is 22.0 Å². The molecule has 0 saturated carbocycles. The van der Waals surface area contributed by atoms with Crippen LogP contribution in [-0.4, -0.2) is 45.0 Å². The Morgan fingerprint density at radius 2 is 1.80 bits per heavy atom. The van der Waals surface area contributed by atoms with Gasteiger partial charge in [-0.2, -0.15) is 0 Å². The van der Waals surface area contributed by atoms with Gasteiger partial charge >= 0.3 is 0 Å². The third-order valence-electron chi connectivity index (χ3n) is 2.54. The van der Waals surface area contributed by atoms with E-state index in [0.717, 1.165) is 16.4 Å². The fourth-order valence-electron chi connectivity index (χ4n) is 1.29. The first-order chi connectivity index (χ1) is 9.15. The van der Waals surface area contributed by atoms with Crippen molar-refractivity contribution in [3.63, 3.8) is 0 Å². The van der Waals surface area contributed by atoms with Crippen LogP contribution in [0.4, 0.5) is 14.5 Å². The maximum atomic E-state index is 13.2. The number of carbonyl (C=O) groups is 1. The number of halogens is 2. The summed E-state index contributed by atoms with van der Waals surface area (Å²) in [6, 6.07) is 1.57. The second-order valence-corrected chi connectivity index (χ2v) is 6.51. The molecule has 0 radical (unpaired) electrons. The van der Waals surface area contributed by atoms with E-state index >= 15 is 0 Å². The molecule has 0 aliphatic carbocycles. The standard InChI is InChI=1S/C11H15F2N3O3S/c1-16(2)20(18,19)4-3-15-11(17)7-5-8(12)10(14)9(13)6-7/h5-6H,3-4,14H2,1-2H3,(H,15,17). The lowest BCUT2D eigenvalue weighted by Crippen LogP contribution is -2.34. The van der Waals surface area contributed by atoms with Gasteiger partial charge in [0.15, 0.2) is 0 Å². The number of carbonyl (C=O) groups excluding carboxylic acids is 1. The van der Waals surface area contributed by atoms with Crippen LogP contribution < -0.4 is 11.1 Å². The molecule has 20 heavy (non-hydrogen) atoms. The fraction of sp³-hybridized carbons (Fsp3) is 0.364. The van der Waals surface area contributed by atoms with Crippen molar-refractivity contribution in [3.8, 4) is 0 Å². The molecular formula is C11H15F2N3O3S. The summed E-state index contributed by atoms with van der Waals surface area (Å²) in [6.45, 7) is -0.174. The molecule has 0 aliphatic heterocycles. The molecule has 1 aromatic carbocycles. The average molecular weight is 307 g/mol. The quantitative estimate of drug-likeness (QED) is 0.758. The van der Waals surface area contributed by atoms with Crippen molar-refractivity contribution in [2.75, 3.05) is 32.1 Å². The van der Waals surface area contributed by atoms with Gasteiger partial charge in [0, 0.05) is 26.2 Å². The smallest absolute Gasteiger partial charge is 0.251 e. The molecule has 0 fully saturated rings. The summed E-state index contributed by atoms with van der Waals surface area (Å²) in [6.07, 6.45) is 0. The van der Waals surface area contributed by atoms with Crippen molar-refractivity contribution in [3.05, 3.63) is 29.3 Å². The van der Waals surface area contributed by atoms with Crippen LogP contribution in [0.3, 0.4) is 0 Å². The zero-order valence-corrected chi connectivity index (χ0v) is 11.8. The Kier molecular flexibility index (Phi) is 5.01. The van der Waals surface area contributed by atoms with E-state index in [0.29, 0.717) is 0 Å². The first-order valence-corrected chi connectivity index (χ1v) is 7.19. The number of amides is 1. The van der Waals surface area contributed by atoms with Gasteiger partial charge in [0.2, 0.25) is 10.0 Å². The monoisotopic (exact) mass is 307 g/mol. The van der Waals surface area contributed by atoms with Gasteiger partial charge in [-0.25, -0.2) is 21.5 Å². The Balaban J connectivity index is 2.69. The minimum absolute atomic E-state index is 0.174. The number of benzene rings is 1. The highest BCUT2D eigenvalue weighted by atomic mass is 32.2. The lowest BCUT2D eigenvalue weighted by atomic mass is 10.2. The number of sulfonamides is 1. The minimum atomic E-state index is -3.45. The molecular weight excluding hydrogens is 292 g/mol. The molecule has 6 nitrogen and oxygen atoms in total. The third-order valence-corrected chi connectivity index (χ3v) is 4.38. The van der Waals surface area contributed by atoms with Crippen LogP contribution in [0, 0.1) is 11.6 Å². The van der Waals surface area contributed by atoms with Crippen molar-refractivity contribution in [1.82, 2.24) is 9.62 Å². The van der Waals surface area contributed by atoms with Gasteiger partial charge in [0.25, 0.3) is 5.91 Å². The van der Waals surface area contributed by atoms with Crippen LogP contribution >= 0.6 is 0 Å². The molecule has 0 atom stereocenters. The molecule has 0 aromatic heterocycles. The first kappa shape index (κ1) is 16.3. The lowest BCUT2D eigenvalue weighted by Gasteiger charge is -2.11. The normalized spacial score (nSPS) is 11.7. The number of nitrogen functional groups attached to an aromatic ring is 1. The van der Waals surface area contributed by atoms with Crippen molar-refractivity contribution >= 4 is 21.6 Å². The SMILES string of the molecule is CN(C)S(=O)(=O)CCNC(=O)c1cc(F)c(N)c(F)c1. The highest BCUT2D eigenvalue weighted by Crippen LogP contribution is 2.17. The number of rotatable bonds is 5. The Hall–Kier alpha value is -1.74. The minimum Gasteiger partial charge on any atom is -0.394 e. The molecule has 112 valence electrons. The van der Waals surface area contributed by atoms with Gasteiger partial charge in [-0.15, -0.1) is 0 Å². The van der Waals surface area contributed by atoms with Crippen LogP contribution in [0.25, 0.3) is 0 Å². The number of nitrogens with zero attached hydrogens (tertiary/aromatic N) is 1. The molecule has 0 unspecified atom stereocenters. The Morgan fingerprint density at radius 1 is 1.30 bits per heavy atom. The highest BCUT2D eigenvalue weighted by molar-refractivity contribution is 7.89. The topological polar surface area (TPSA) is 92.5 Å². The zero-order chi connectivity index (χ0) is 15.5. The van der Waals surface area contributed by atoms with Gasteiger partial charge in [-0.1, -0.05) is 0 Å². The fourth-order valence-corrected chi connectivity index (χ4v) is 2.02. The molecule has 9 heteroatoms.